The van der Waals surface area contributed by atoms with Gasteiger partial charge >= 0.3 is 0 Å². The molecule has 1 aliphatic rings. The first-order valence-corrected chi connectivity index (χ1v) is 7.05. The van der Waals surface area contributed by atoms with Gasteiger partial charge < -0.3 is 4.74 Å². The van der Waals surface area contributed by atoms with E-state index >= 15 is 0 Å². The van der Waals surface area contributed by atoms with Gasteiger partial charge in [-0.15, -0.1) is 0 Å². The third-order valence-electron chi connectivity index (χ3n) is 2.92. The molecule has 2 rings (SSSR count). The van der Waals surface area contributed by atoms with E-state index in [1.54, 1.807) is 6.20 Å². The minimum atomic E-state index is 0.162. The van der Waals surface area contributed by atoms with Crippen LogP contribution in [-0.4, -0.2) is 22.6 Å². The summed E-state index contributed by atoms with van der Waals surface area (Å²) in [6.07, 6.45) is 6.08. The summed E-state index contributed by atoms with van der Waals surface area (Å²) < 4.78 is 5.47. The van der Waals surface area contributed by atoms with Gasteiger partial charge in [-0.25, -0.2) is 0 Å². The normalized spacial score (nSPS) is 21.4. The zero-order valence-electron chi connectivity index (χ0n) is 10.1. The molecule has 0 bridgehead atoms. The first-order chi connectivity index (χ1) is 8.35. The predicted octanol–water partition coefficient (Wildman–Crippen LogP) is 1.88. The maximum atomic E-state index is 5.68. The van der Waals surface area contributed by atoms with E-state index in [9.17, 15) is 0 Å². The Kier molecular flexibility index (Phi) is 4.65. The lowest BCUT2D eigenvalue weighted by Crippen LogP contribution is -2.34. The van der Waals surface area contributed by atoms with Gasteiger partial charge in [-0.05, 0) is 37.1 Å². The van der Waals surface area contributed by atoms with E-state index in [4.69, 9.17) is 10.6 Å². The third kappa shape index (κ3) is 3.12. The van der Waals surface area contributed by atoms with Gasteiger partial charge in [-0.1, -0.05) is 0 Å². The number of ether oxygens (including phenoxy) is 1. The topological polar surface area (TPSA) is 60.2 Å². The summed E-state index contributed by atoms with van der Waals surface area (Å²) in [4.78, 5) is 4.21. The number of nitrogens with zero attached hydrogens (tertiary/aromatic N) is 1. The number of hydrogen-bond acceptors (Lipinski definition) is 5. The van der Waals surface area contributed by atoms with Crippen LogP contribution in [0.25, 0.3) is 0 Å². The highest BCUT2D eigenvalue weighted by atomic mass is 32.2. The van der Waals surface area contributed by atoms with Gasteiger partial charge in [0.15, 0.2) is 0 Å². The molecular weight excluding hydrogens is 234 g/mol. The molecule has 94 valence electrons. The van der Waals surface area contributed by atoms with Crippen molar-refractivity contribution in [1.29, 1.82) is 0 Å². The lowest BCUT2D eigenvalue weighted by atomic mass is 10.0. The second kappa shape index (κ2) is 6.23. The molecule has 0 radical (unpaired) electrons. The average molecular weight is 253 g/mol. The molecule has 1 aromatic heterocycles. The molecule has 2 heterocycles. The molecule has 17 heavy (non-hydrogen) atoms. The number of hydrazine groups is 1. The SMILES string of the molecule is CCOc1cncc(C(NN)C2CCCS2)c1. The van der Waals surface area contributed by atoms with Crippen LogP contribution < -0.4 is 16.0 Å². The molecule has 2 unspecified atom stereocenters. The fourth-order valence-corrected chi connectivity index (χ4v) is 3.53. The Balaban J connectivity index is 2.14. The monoisotopic (exact) mass is 253 g/mol. The minimum absolute atomic E-state index is 0.162. The fraction of sp³-hybridized carbons (Fsp3) is 0.583. The first-order valence-electron chi connectivity index (χ1n) is 6.00. The van der Waals surface area contributed by atoms with E-state index in [1.807, 2.05) is 30.9 Å². The van der Waals surface area contributed by atoms with Crippen LogP contribution in [0.5, 0.6) is 5.75 Å². The van der Waals surface area contributed by atoms with E-state index in [0.717, 1.165) is 11.3 Å². The van der Waals surface area contributed by atoms with Crippen molar-refractivity contribution >= 4 is 11.8 Å². The van der Waals surface area contributed by atoms with Crippen LogP contribution in [0.15, 0.2) is 18.5 Å². The molecular formula is C12H19N3OS. The van der Waals surface area contributed by atoms with E-state index < -0.39 is 0 Å². The number of thioether (sulfide) groups is 1. The van der Waals surface area contributed by atoms with Gasteiger partial charge in [-0.2, -0.15) is 11.8 Å². The van der Waals surface area contributed by atoms with Crippen molar-refractivity contribution in [2.24, 2.45) is 5.84 Å². The summed E-state index contributed by atoms with van der Waals surface area (Å²) in [6.45, 7) is 2.63. The zero-order valence-corrected chi connectivity index (χ0v) is 10.9. The number of nitrogens with two attached hydrogens (primary N) is 1. The number of nitrogens with one attached hydrogen (secondary N) is 1. The Morgan fingerprint density at radius 3 is 3.18 bits per heavy atom. The minimum Gasteiger partial charge on any atom is -0.492 e. The average Bonchev–Trinajstić information content (AvgIpc) is 2.85. The van der Waals surface area contributed by atoms with Crippen LogP contribution in [0.4, 0.5) is 0 Å². The van der Waals surface area contributed by atoms with Crippen LogP contribution in [-0.2, 0) is 0 Å². The summed E-state index contributed by atoms with van der Waals surface area (Å²) in [5, 5.41) is 0.540. The highest BCUT2D eigenvalue weighted by molar-refractivity contribution is 8.00. The Labute approximate surface area is 106 Å². The Bertz CT molecular complexity index is 355. The largest absolute Gasteiger partial charge is 0.492 e. The van der Waals surface area contributed by atoms with E-state index in [0.29, 0.717) is 11.9 Å². The van der Waals surface area contributed by atoms with Crippen LogP contribution in [0, 0.1) is 0 Å². The van der Waals surface area contributed by atoms with Gasteiger partial charge in [0.1, 0.15) is 5.75 Å². The van der Waals surface area contributed by atoms with Crippen molar-refractivity contribution in [1.82, 2.24) is 10.4 Å². The number of aromatic nitrogens is 1. The second-order valence-electron chi connectivity index (χ2n) is 4.08. The number of hydrogen-bond donors (Lipinski definition) is 2. The first kappa shape index (κ1) is 12.7. The Morgan fingerprint density at radius 2 is 2.53 bits per heavy atom. The van der Waals surface area contributed by atoms with Crippen LogP contribution in [0.2, 0.25) is 0 Å². The molecule has 0 aromatic carbocycles. The van der Waals surface area contributed by atoms with Crippen molar-refractivity contribution in [3.8, 4) is 5.75 Å². The van der Waals surface area contributed by atoms with Crippen molar-refractivity contribution in [2.45, 2.75) is 31.1 Å². The predicted molar refractivity (Wildman–Crippen MR) is 71.0 cm³/mol. The van der Waals surface area contributed by atoms with Gasteiger partial charge in [0.2, 0.25) is 0 Å². The lowest BCUT2D eigenvalue weighted by Gasteiger charge is -2.22. The highest BCUT2D eigenvalue weighted by Crippen LogP contribution is 2.35. The van der Waals surface area contributed by atoms with Crippen molar-refractivity contribution in [3.63, 3.8) is 0 Å². The quantitative estimate of drug-likeness (QED) is 0.620. The van der Waals surface area contributed by atoms with E-state index in [2.05, 4.69) is 10.4 Å². The van der Waals surface area contributed by atoms with Gasteiger partial charge in [0.25, 0.3) is 0 Å². The second-order valence-corrected chi connectivity index (χ2v) is 5.43. The molecule has 0 saturated carbocycles. The summed E-state index contributed by atoms with van der Waals surface area (Å²) >= 11 is 1.98. The molecule has 1 fully saturated rings. The summed E-state index contributed by atoms with van der Waals surface area (Å²) in [5.74, 6) is 7.71. The maximum Gasteiger partial charge on any atom is 0.137 e. The summed E-state index contributed by atoms with van der Waals surface area (Å²) in [5.41, 5.74) is 4.02. The molecule has 5 heteroatoms. The van der Waals surface area contributed by atoms with E-state index in [-0.39, 0.29) is 6.04 Å². The molecule has 4 nitrogen and oxygen atoms in total. The molecule has 3 N–H and O–H groups in total. The van der Waals surface area contributed by atoms with E-state index in [1.165, 1.54) is 18.6 Å². The molecule has 0 amide bonds. The highest BCUT2D eigenvalue weighted by Gasteiger charge is 2.26. The molecule has 0 spiro atoms. The van der Waals surface area contributed by atoms with Gasteiger partial charge in [0, 0.05) is 11.4 Å². The molecule has 0 aliphatic carbocycles. The Morgan fingerprint density at radius 1 is 1.65 bits per heavy atom. The maximum absolute atomic E-state index is 5.68. The van der Waals surface area contributed by atoms with Gasteiger partial charge in [-0.3, -0.25) is 16.3 Å². The Hall–Kier alpha value is -0.780. The molecule has 2 atom stereocenters. The van der Waals surface area contributed by atoms with Crippen molar-refractivity contribution in [3.05, 3.63) is 24.0 Å². The van der Waals surface area contributed by atoms with Crippen LogP contribution >= 0.6 is 11.8 Å². The molecule has 1 aliphatic heterocycles. The molecule has 1 aromatic rings. The summed E-state index contributed by atoms with van der Waals surface area (Å²) in [6, 6.07) is 2.19. The third-order valence-corrected chi connectivity index (χ3v) is 4.38. The van der Waals surface area contributed by atoms with Crippen molar-refractivity contribution < 1.29 is 4.74 Å². The van der Waals surface area contributed by atoms with Gasteiger partial charge in [0.05, 0.1) is 18.8 Å². The van der Waals surface area contributed by atoms with Crippen LogP contribution in [0.1, 0.15) is 31.4 Å². The number of rotatable bonds is 5. The smallest absolute Gasteiger partial charge is 0.137 e. The lowest BCUT2D eigenvalue weighted by molar-refractivity contribution is 0.337. The molecule has 1 saturated heterocycles. The number of pyridine rings is 1. The standard InChI is InChI=1S/C12H19N3OS/c1-2-16-10-6-9(7-14-8-10)12(15-13)11-4-3-5-17-11/h6-8,11-12,15H,2-5,13H2,1H3. The van der Waals surface area contributed by atoms with Crippen molar-refractivity contribution in [2.75, 3.05) is 12.4 Å². The summed E-state index contributed by atoms with van der Waals surface area (Å²) in [7, 11) is 0. The zero-order chi connectivity index (χ0) is 12.1. The van der Waals surface area contributed by atoms with Crippen LogP contribution in [0.3, 0.4) is 0 Å². The fourth-order valence-electron chi connectivity index (χ4n) is 2.13.